The predicted octanol–water partition coefficient (Wildman–Crippen LogP) is 4.29. The average molecular weight is 283 g/mol. The molecule has 0 amide bonds. The number of ether oxygens (including phenoxy) is 1. The van der Waals surface area contributed by atoms with Crippen LogP contribution >= 0.6 is 11.3 Å². The second-order valence-corrected chi connectivity index (χ2v) is 6.12. The molecule has 1 heterocycles. The molecule has 0 spiro atoms. The van der Waals surface area contributed by atoms with Gasteiger partial charge in [-0.1, -0.05) is 30.3 Å². The third kappa shape index (κ3) is 2.69. The van der Waals surface area contributed by atoms with E-state index in [1.54, 1.807) is 11.3 Å². The van der Waals surface area contributed by atoms with Crippen LogP contribution in [0.1, 0.15) is 15.9 Å². The molecule has 0 aliphatic carbocycles. The molecule has 0 saturated heterocycles. The summed E-state index contributed by atoms with van der Waals surface area (Å²) >= 11 is 1.74. The Labute approximate surface area is 122 Å². The van der Waals surface area contributed by atoms with Gasteiger partial charge in [0.1, 0.15) is 11.9 Å². The fourth-order valence-corrected chi connectivity index (χ4v) is 3.17. The maximum atomic E-state index is 6.06. The van der Waals surface area contributed by atoms with Crippen molar-refractivity contribution in [3.05, 3.63) is 64.4 Å². The molecule has 2 N–H and O–H groups in total. The molecule has 3 aromatic rings. The van der Waals surface area contributed by atoms with Crippen LogP contribution in [-0.2, 0) is 0 Å². The van der Waals surface area contributed by atoms with Gasteiger partial charge in [0, 0.05) is 16.3 Å². The molecule has 3 heteroatoms. The maximum Gasteiger partial charge on any atom is 0.145 e. The van der Waals surface area contributed by atoms with Gasteiger partial charge in [-0.25, -0.2) is 0 Å². The SMILES string of the molecule is Cc1ccc(C(CN)Oc2ccc3ccccc3c2)s1. The predicted molar refractivity (Wildman–Crippen MR) is 85.4 cm³/mol. The van der Waals surface area contributed by atoms with E-state index in [1.807, 2.05) is 18.2 Å². The number of nitrogens with two attached hydrogens (primary N) is 1. The van der Waals surface area contributed by atoms with Crippen LogP contribution in [0.4, 0.5) is 0 Å². The molecule has 0 radical (unpaired) electrons. The van der Waals surface area contributed by atoms with Crippen LogP contribution in [0, 0.1) is 6.92 Å². The molecule has 102 valence electrons. The number of hydrogen-bond acceptors (Lipinski definition) is 3. The molecule has 0 fully saturated rings. The molecule has 20 heavy (non-hydrogen) atoms. The van der Waals surface area contributed by atoms with Crippen molar-refractivity contribution in [2.75, 3.05) is 6.54 Å². The van der Waals surface area contributed by atoms with Crippen LogP contribution in [0.5, 0.6) is 5.75 Å². The first-order chi connectivity index (χ1) is 9.76. The van der Waals surface area contributed by atoms with Crippen molar-refractivity contribution < 1.29 is 4.74 Å². The van der Waals surface area contributed by atoms with Gasteiger partial charge in [0.05, 0.1) is 0 Å². The molecular weight excluding hydrogens is 266 g/mol. The van der Waals surface area contributed by atoms with Crippen molar-refractivity contribution >= 4 is 22.1 Å². The minimum Gasteiger partial charge on any atom is -0.484 e. The van der Waals surface area contributed by atoms with Crippen molar-refractivity contribution in [3.8, 4) is 5.75 Å². The summed E-state index contributed by atoms with van der Waals surface area (Å²) in [5.41, 5.74) is 5.86. The molecule has 3 rings (SSSR count). The third-order valence-corrected chi connectivity index (χ3v) is 4.38. The Balaban J connectivity index is 1.87. The number of fused-ring (bicyclic) bond motifs is 1. The van der Waals surface area contributed by atoms with E-state index >= 15 is 0 Å². The van der Waals surface area contributed by atoms with Gasteiger partial charge in [-0.3, -0.25) is 0 Å². The van der Waals surface area contributed by atoms with E-state index in [-0.39, 0.29) is 6.10 Å². The number of rotatable bonds is 4. The van der Waals surface area contributed by atoms with E-state index in [0.29, 0.717) is 6.54 Å². The van der Waals surface area contributed by atoms with E-state index < -0.39 is 0 Å². The fraction of sp³-hybridized carbons (Fsp3) is 0.176. The zero-order valence-corrected chi connectivity index (χ0v) is 12.2. The summed E-state index contributed by atoms with van der Waals surface area (Å²) in [6.07, 6.45) is -0.0742. The van der Waals surface area contributed by atoms with Crippen LogP contribution in [-0.4, -0.2) is 6.54 Å². The van der Waals surface area contributed by atoms with Gasteiger partial charge in [0.2, 0.25) is 0 Å². The summed E-state index contributed by atoms with van der Waals surface area (Å²) in [5, 5.41) is 2.40. The smallest absolute Gasteiger partial charge is 0.145 e. The zero-order chi connectivity index (χ0) is 13.9. The van der Waals surface area contributed by atoms with Crippen molar-refractivity contribution in [2.24, 2.45) is 5.73 Å². The first-order valence-electron chi connectivity index (χ1n) is 6.68. The molecule has 0 bridgehead atoms. The van der Waals surface area contributed by atoms with Gasteiger partial charge in [-0.2, -0.15) is 0 Å². The number of hydrogen-bond donors (Lipinski definition) is 1. The Kier molecular flexibility index (Phi) is 3.72. The van der Waals surface area contributed by atoms with Gasteiger partial charge in [0.15, 0.2) is 0 Å². The van der Waals surface area contributed by atoms with E-state index in [2.05, 4.69) is 43.3 Å². The largest absolute Gasteiger partial charge is 0.484 e. The highest BCUT2D eigenvalue weighted by Gasteiger charge is 2.13. The molecular formula is C17H17NOS. The van der Waals surface area contributed by atoms with Gasteiger partial charge in [0.25, 0.3) is 0 Å². The van der Waals surface area contributed by atoms with E-state index in [1.165, 1.54) is 20.5 Å². The molecule has 2 nitrogen and oxygen atoms in total. The summed E-state index contributed by atoms with van der Waals surface area (Å²) in [7, 11) is 0. The molecule has 1 aromatic heterocycles. The monoisotopic (exact) mass is 283 g/mol. The Bertz CT molecular complexity index is 720. The number of thiophene rings is 1. The molecule has 0 saturated carbocycles. The van der Waals surface area contributed by atoms with Crippen LogP contribution in [0.25, 0.3) is 10.8 Å². The first-order valence-corrected chi connectivity index (χ1v) is 7.50. The highest BCUT2D eigenvalue weighted by Crippen LogP contribution is 2.28. The Hall–Kier alpha value is -1.84. The normalized spacial score (nSPS) is 12.5. The number of aryl methyl sites for hydroxylation is 1. The van der Waals surface area contributed by atoms with Gasteiger partial charge in [-0.15, -0.1) is 11.3 Å². The Morgan fingerprint density at radius 2 is 1.85 bits per heavy atom. The lowest BCUT2D eigenvalue weighted by Gasteiger charge is -2.16. The highest BCUT2D eigenvalue weighted by molar-refractivity contribution is 7.12. The van der Waals surface area contributed by atoms with E-state index in [0.717, 1.165) is 5.75 Å². The summed E-state index contributed by atoms with van der Waals surface area (Å²) in [5.74, 6) is 0.866. The lowest BCUT2D eigenvalue weighted by Crippen LogP contribution is -2.17. The topological polar surface area (TPSA) is 35.2 Å². The second-order valence-electron chi connectivity index (χ2n) is 4.80. The standard InChI is InChI=1S/C17H17NOS/c1-12-6-9-17(20-12)16(11-18)19-15-8-7-13-4-2-3-5-14(13)10-15/h2-10,16H,11,18H2,1H3. The summed E-state index contributed by atoms with van der Waals surface area (Å²) in [6, 6.07) is 18.6. The Morgan fingerprint density at radius 3 is 2.55 bits per heavy atom. The van der Waals surface area contributed by atoms with Gasteiger partial charge >= 0.3 is 0 Å². The second kappa shape index (κ2) is 5.65. The summed E-state index contributed by atoms with van der Waals surface area (Å²) in [4.78, 5) is 2.46. The van der Waals surface area contributed by atoms with Crippen LogP contribution in [0.2, 0.25) is 0 Å². The minimum absolute atomic E-state index is 0.0742. The van der Waals surface area contributed by atoms with Crippen molar-refractivity contribution in [2.45, 2.75) is 13.0 Å². The van der Waals surface area contributed by atoms with Crippen molar-refractivity contribution in [1.82, 2.24) is 0 Å². The fourth-order valence-electron chi connectivity index (χ4n) is 2.25. The molecule has 0 aliphatic heterocycles. The van der Waals surface area contributed by atoms with Crippen molar-refractivity contribution in [3.63, 3.8) is 0 Å². The van der Waals surface area contributed by atoms with Crippen LogP contribution < -0.4 is 10.5 Å². The lowest BCUT2D eigenvalue weighted by atomic mass is 10.1. The van der Waals surface area contributed by atoms with Gasteiger partial charge < -0.3 is 10.5 Å². The molecule has 1 atom stereocenters. The van der Waals surface area contributed by atoms with Gasteiger partial charge in [-0.05, 0) is 42.0 Å². The molecule has 0 aliphatic rings. The summed E-state index contributed by atoms with van der Waals surface area (Å²) in [6.45, 7) is 2.57. The average Bonchev–Trinajstić information content (AvgIpc) is 2.91. The number of benzene rings is 2. The zero-order valence-electron chi connectivity index (χ0n) is 11.4. The summed E-state index contributed by atoms with van der Waals surface area (Å²) < 4.78 is 6.06. The van der Waals surface area contributed by atoms with E-state index in [9.17, 15) is 0 Å². The first kappa shape index (κ1) is 13.2. The van der Waals surface area contributed by atoms with E-state index in [4.69, 9.17) is 10.5 Å². The van der Waals surface area contributed by atoms with Crippen LogP contribution in [0.3, 0.4) is 0 Å². The maximum absolute atomic E-state index is 6.06. The third-order valence-electron chi connectivity index (χ3n) is 3.29. The van der Waals surface area contributed by atoms with Crippen LogP contribution in [0.15, 0.2) is 54.6 Å². The quantitative estimate of drug-likeness (QED) is 0.775. The lowest BCUT2D eigenvalue weighted by molar-refractivity contribution is 0.218. The molecule has 1 unspecified atom stereocenters. The minimum atomic E-state index is -0.0742. The molecule has 2 aromatic carbocycles. The van der Waals surface area contributed by atoms with Crippen molar-refractivity contribution in [1.29, 1.82) is 0 Å². The Morgan fingerprint density at radius 1 is 1.05 bits per heavy atom. The highest BCUT2D eigenvalue weighted by atomic mass is 32.1.